The molecule has 8 N–H and O–H groups in total. The van der Waals surface area contributed by atoms with E-state index in [2.05, 4.69) is 0 Å². The molecule has 0 radical (unpaired) electrons. The van der Waals surface area contributed by atoms with Gasteiger partial charge in [0.25, 0.3) is 0 Å². The number of nitrogen functional groups attached to an aromatic ring is 4. The summed E-state index contributed by atoms with van der Waals surface area (Å²) in [6.07, 6.45) is 0. The standard InChI is InChI=1S/C12H14N4/c13-7-4-5-10(14)9(6-7)8-2-1-3-11(15)12(8)16/h1-6H,13-16H2. The van der Waals surface area contributed by atoms with E-state index >= 15 is 0 Å². The smallest absolute Gasteiger partial charge is 0.0628 e. The van der Waals surface area contributed by atoms with Gasteiger partial charge in [0, 0.05) is 22.5 Å². The molecule has 0 heterocycles. The predicted molar refractivity (Wildman–Crippen MR) is 69.5 cm³/mol. The highest BCUT2D eigenvalue weighted by atomic mass is 14.7. The lowest BCUT2D eigenvalue weighted by Crippen LogP contribution is -1.99. The molecule has 2 aromatic rings. The van der Waals surface area contributed by atoms with Crippen molar-refractivity contribution in [3.05, 3.63) is 36.4 Å². The first-order valence-corrected chi connectivity index (χ1v) is 4.89. The highest BCUT2D eigenvalue weighted by Gasteiger charge is 2.08. The summed E-state index contributed by atoms with van der Waals surface area (Å²) in [7, 11) is 0. The van der Waals surface area contributed by atoms with E-state index in [0.717, 1.165) is 11.1 Å². The van der Waals surface area contributed by atoms with Crippen molar-refractivity contribution in [3.8, 4) is 11.1 Å². The molecule has 0 unspecified atom stereocenters. The zero-order valence-corrected chi connectivity index (χ0v) is 8.77. The molecular formula is C12H14N4. The van der Waals surface area contributed by atoms with Crippen molar-refractivity contribution >= 4 is 22.7 Å². The molecule has 0 saturated heterocycles. The number of para-hydroxylation sites is 1. The van der Waals surface area contributed by atoms with Crippen molar-refractivity contribution < 1.29 is 0 Å². The van der Waals surface area contributed by atoms with Gasteiger partial charge in [-0.3, -0.25) is 0 Å². The average molecular weight is 214 g/mol. The second-order valence-corrected chi connectivity index (χ2v) is 3.66. The first-order chi connectivity index (χ1) is 7.59. The summed E-state index contributed by atoms with van der Waals surface area (Å²) < 4.78 is 0. The summed E-state index contributed by atoms with van der Waals surface area (Å²) in [6.45, 7) is 0. The molecule has 0 aromatic heterocycles. The molecule has 0 amide bonds. The van der Waals surface area contributed by atoms with Gasteiger partial charge in [0.05, 0.1) is 11.4 Å². The summed E-state index contributed by atoms with van der Waals surface area (Å²) in [6, 6.07) is 10.8. The van der Waals surface area contributed by atoms with Crippen LogP contribution in [-0.2, 0) is 0 Å². The van der Waals surface area contributed by atoms with Crippen molar-refractivity contribution in [2.24, 2.45) is 0 Å². The fourth-order valence-corrected chi connectivity index (χ4v) is 1.63. The third-order valence-electron chi connectivity index (χ3n) is 2.51. The summed E-state index contributed by atoms with van der Waals surface area (Å²) in [5, 5.41) is 0. The Bertz CT molecular complexity index is 535. The van der Waals surface area contributed by atoms with Crippen LogP contribution in [0.2, 0.25) is 0 Å². The van der Waals surface area contributed by atoms with E-state index in [-0.39, 0.29) is 0 Å². The predicted octanol–water partition coefficient (Wildman–Crippen LogP) is 1.68. The molecule has 0 atom stereocenters. The van der Waals surface area contributed by atoms with Crippen LogP contribution in [0.1, 0.15) is 0 Å². The summed E-state index contributed by atoms with van der Waals surface area (Å²) in [5.41, 5.74) is 27.2. The Labute approximate surface area is 93.8 Å². The maximum atomic E-state index is 5.91. The number of anilines is 4. The SMILES string of the molecule is Nc1ccc(N)c(-c2cccc(N)c2N)c1. The molecule has 0 saturated carbocycles. The molecule has 0 aliphatic rings. The van der Waals surface area contributed by atoms with Crippen molar-refractivity contribution in [3.63, 3.8) is 0 Å². The van der Waals surface area contributed by atoms with Gasteiger partial charge in [-0.25, -0.2) is 0 Å². The van der Waals surface area contributed by atoms with E-state index in [1.807, 2.05) is 12.1 Å². The second kappa shape index (κ2) is 3.66. The lowest BCUT2D eigenvalue weighted by molar-refractivity contribution is 1.59. The Morgan fingerprint density at radius 3 is 2.19 bits per heavy atom. The van der Waals surface area contributed by atoms with Crippen LogP contribution in [0.5, 0.6) is 0 Å². The van der Waals surface area contributed by atoms with Crippen molar-refractivity contribution in [1.29, 1.82) is 0 Å². The first kappa shape index (κ1) is 10.2. The number of nitrogens with two attached hydrogens (primary N) is 4. The molecule has 0 aliphatic carbocycles. The van der Waals surface area contributed by atoms with Crippen LogP contribution >= 0.6 is 0 Å². The van der Waals surface area contributed by atoms with Gasteiger partial charge in [-0.05, 0) is 24.3 Å². The van der Waals surface area contributed by atoms with Crippen LogP contribution in [-0.4, -0.2) is 0 Å². The molecule has 2 rings (SSSR count). The summed E-state index contributed by atoms with van der Waals surface area (Å²) in [5.74, 6) is 0. The van der Waals surface area contributed by atoms with Crippen molar-refractivity contribution in [2.45, 2.75) is 0 Å². The minimum atomic E-state index is 0.528. The quantitative estimate of drug-likeness (QED) is 0.542. The average Bonchev–Trinajstić information content (AvgIpc) is 2.26. The van der Waals surface area contributed by atoms with E-state index in [4.69, 9.17) is 22.9 Å². The lowest BCUT2D eigenvalue weighted by Gasteiger charge is -2.11. The van der Waals surface area contributed by atoms with Gasteiger partial charge < -0.3 is 22.9 Å². The summed E-state index contributed by atoms with van der Waals surface area (Å²) in [4.78, 5) is 0. The Morgan fingerprint density at radius 2 is 1.44 bits per heavy atom. The fraction of sp³-hybridized carbons (Fsp3) is 0. The van der Waals surface area contributed by atoms with Crippen LogP contribution in [0, 0.1) is 0 Å². The third kappa shape index (κ3) is 1.61. The third-order valence-corrected chi connectivity index (χ3v) is 2.51. The van der Waals surface area contributed by atoms with E-state index < -0.39 is 0 Å². The maximum Gasteiger partial charge on any atom is 0.0628 e. The first-order valence-electron chi connectivity index (χ1n) is 4.89. The van der Waals surface area contributed by atoms with Crippen molar-refractivity contribution in [2.75, 3.05) is 22.9 Å². The molecule has 0 spiro atoms. The molecule has 0 aliphatic heterocycles. The van der Waals surface area contributed by atoms with E-state index in [1.165, 1.54) is 0 Å². The maximum absolute atomic E-state index is 5.91. The lowest BCUT2D eigenvalue weighted by atomic mass is 10.0. The zero-order chi connectivity index (χ0) is 11.7. The minimum absolute atomic E-state index is 0.528. The molecule has 0 fully saturated rings. The van der Waals surface area contributed by atoms with E-state index in [0.29, 0.717) is 22.7 Å². The molecule has 82 valence electrons. The number of hydrogen-bond donors (Lipinski definition) is 4. The molecule has 2 aromatic carbocycles. The number of rotatable bonds is 1. The van der Waals surface area contributed by atoms with Crippen LogP contribution in [0.15, 0.2) is 36.4 Å². The van der Waals surface area contributed by atoms with Crippen LogP contribution < -0.4 is 22.9 Å². The topological polar surface area (TPSA) is 104 Å². The molecule has 16 heavy (non-hydrogen) atoms. The second-order valence-electron chi connectivity index (χ2n) is 3.66. The molecular weight excluding hydrogens is 200 g/mol. The highest BCUT2D eigenvalue weighted by molar-refractivity contribution is 5.90. The van der Waals surface area contributed by atoms with E-state index in [1.54, 1.807) is 24.3 Å². The Kier molecular flexibility index (Phi) is 2.32. The van der Waals surface area contributed by atoms with Crippen molar-refractivity contribution in [1.82, 2.24) is 0 Å². The number of benzene rings is 2. The Morgan fingerprint density at radius 1 is 0.688 bits per heavy atom. The van der Waals surface area contributed by atoms with Gasteiger partial charge in [0.1, 0.15) is 0 Å². The normalized spacial score (nSPS) is 10.2. The molecule has 0 bridgehead atoms. The molecule has 4 heteroatoms. The highest BCUT2D eigenvalue weighted by Crippen LogP contribution is 2.34. The van der Waals surface area contributed by atoms with Crippen LogP contribution in [0.4, 0.5) is 22.7 Å². The van der Waals surface area contributed by atoms with Gasteiger partial charge in [0.2, 0.25) is 0 Å². The summed E-state index contributed by atoms with van der Waals surface area (Å²) >= 11 is 0. The fourth-order valence-electron chi connectivity index (χ4n) is 1.63. The molecule has 4 nitrogen and oxygen atoms in total. The largest absolute Gasteiger partial charge is 0.399 e. The zero-order valence-electron chi connectivity index (χ0n) is 8.77. The number of hydrogen-bond acceptors (Lipinski definition) is 4. The monoisotopic (exact) mass is 214 g/mol. The van der Waals surface area contributed by atoms with Crippen LogP contribution in [0.3, 0.4) is 0 Å². The van der Waals surface area contributed by atoms with Gasteiger partial charge in [-0.2, -0.15) is 0 Å². The Hall–Kier alpha value is -2.36. The Balaban J connectivity index is 2.67. The van der Waals surface area contributed by atoms with Gasteiger partial charge in [-0.1, -0.05) is 12.1 Å². The van der Waals surface area contributed by atoms with Gasteiger partial charge >= 0.3 is 0 Å². The minimum Gasteiger partial charge on any atom is -0.399 e. The van der Waals surface area contributed by atoms with Gasteiger partial charge in [0.15, 0.2) is 0 Å². The van der Waals surface area contributed by atoms with Gasteiger partial charge in [-0.15, -0.1) is 0 Å². The van der Waals surface area contributed by atoms with E-state index in [9.17, 15) is 0 Å². The van der Waals surface area contributed by atoms with Crippen LogP contribution in [0.25, 0.3) is 11.1 Å².